The van der Waals surface area contributed by atoms with Crippen molar-refractivity contribution in [1.29, 1.82) is 0 Å². The lowest BCUT2D eigenvalue weighted by Crippen LogP contribution is -2.33. The van der Waals surface area contributed by atoms with Gasteiger partial charge in [0.25, 0.3) is 0 Å². The van der Waals surface area contributed by atoms with Crippen LogP contribution in [-0.4, -0.2) is 38.4 Å². The van der Waals surface area contributed by atoms with Gasteiger partial charge in [0, 0.05) is 36.9 Å². The van der Waals surface area contributed by atoms with Gasteiger partial charge in [0.2, 0.25) is 5.91 Å². The highest BCUT2D eigenvalue weighted by molar-refractivity contribution is 5.91. The summed E-state index contributed by atoms with van der Waals surface area (Å²) in [6.45, 7) is 5.75. The van der Waals surface area contributed by atoms with E-state index in [2.05, 4.69) is 10.6 Å². The maximum absolute atomic E-state index is 11.9. The molecule has 0 atom stereocenters. The van der Waals surface area contributed by atoms with E-state index in [1.165, 1.54) is 0 Å². The van der Waals surface area contributed by atoms with Crippen molar-refractivity contribution in [2.75, 3.05) is 26.1 Å². The number of carbonyl (C=O) groups excluding carboxylic acids is 2. The van der Waals surface area contributed by atoms with Crippen LogP contribution in [0.4, 0.5) is 10.5 Å². The minimum atomic E-state index is -0.535. The fourth-order valence-corrected chi connectivity index (χ4v) is 1.86. The Morgan fingerprint density at radius 1 is 1.04 bits per heavy atom. The summed E-state index contributed by atoms with van der Waals surface area (Å²) < 4.78 is 15.4. The number of benzene rings is 1. The number of methoxy groups -OCH3 is 2. The smallest absolute Gasteiger partial charge is 0.407 e. The van der Waals surface area contributed by atoms with Gasteiger partial charge in [-0.25, -0.2) is 4.79 Å². The van der Waals surface area contributed by atoms with Crippen LogP contribution >= 0.6 is 0 Å². The SMILES string of the molecule is COc1cc(NC(=O)CCCNC(=O)OC(C)(C)C)cc(OC)c1. The summed E-state index contributed by atoms with van der Waals surface area (Å²) in [5.74, 6) is 1.03. The summed E-state index contributed by atoms with van der Waals surface area (Å²) >= 11 is 0. The highest BCUT2D eigenvalue weighted by atomic mass is 16.6. The highest BCUT2D eigenvalue weighted by Gasteiger charge is 2.15. The van der Waals surface area contributed by atoms with E-state index in [0.29, 0.717) is 30.2 Å². The van der Waals surface area contributed by atoms with Gasteiger partial charge in [0.15, 0.2) is 0 Å². The van der Waals surface area contributed by atoms with E-state index in [-0.39, 0.29) is 12.3 Å². The van der Waals surface area contributed by atoms with Gasteiger partial charge in [0.1, 0.15) is 17.1 Å². The van der Waals surface area contributed by atoms with Gasteiger partial charge in [0.05, 0.1) is 14.2 Å². The number of hydrogen-bond donors (Lipinski definition) is 2. The Kier molecular flexibility index (Phi) is 7.35. The molecule has 1 rings (SSSR count). The zero-order chi connectivity index (χ0) is 18.2. The zero-order valence-corrected chi connectivity index (χ0v) is 14.9. The number of carbonyl (C=O) groups is 2. The Bertz CT molecular complexity index is 544. The summed E-state index contributed by atoms with van der Waals surface area (Å²) in [6.07, 6.45) is 0.294. The molecule has 0 saturated heterocycles. The molecule has 0 radical (unpaired) electrons. The maximum Gasteiger partial charge on any atom is 0.407 e. The molecular weight excluding hydrogens is 312 g/mol. The first-order chi connectivity index (χ1) is 11.2. The molecule has 1 aromatic carbocycles. The number of alkyl carbamates (subject to hydrolysis) is 1. The molecule has 0 saturated carbocycles. The molecule has 7 nitrogen and oxygen atoms in total. The molecule has 2 amide bonds. The molecule has 0 aromatic heterocycles. The predicted octanol–water partition coefficient (Wildman–Crippen LogP) is 2.95. The minimum absolute atomic E-state index is 0.156. The van der Waals surface area contributed by atoms with Gasteiger partial charge in [-0.1, -0.05) is 0 Å². The van der Waals surface area contributed by atoms with Gasteiger partial charge in [-0.2, -0.15) is 0 Å². The summed E-state index contributed by atoms with van der Waals surface area (Å²) in [7, 11) is 3.09. The van der Waals surface area contributed by atoms with Crippen LogP contribution in [0.1, 0.15) is 33.6 Å². The maximum atomic E-state index is 11.9. The van der Waals surface area contributed by atoms with Gasteiger partial charge >= 0.3 is 6.09 Å². The molecule has 0 spiro atoms. The molecule has 0 fully saturated rings. The van der Waals surface area contributed by atoms with Crippen LogP contribution in [-0.2, 0) is 9.53 Å². The first-order valence-corrected chi connectivity index (χ1v) is 7.73. The van der Waals surface area contributed by atoms with Gasteiger partial charge < -0.3 is 24.8 Å². The number of anilines is 1. The molecule has 0 aliphatic rings. The average molecular weight is 338 g/mol. The van der Waals surface area contributed by atoms with E-state index in [0.717, 1.165) is 0 Å². The van der Waals surface area contributed by atoms with Crippen LogP contribution in [0.2, 0.25) is 0 Å². The first kappa shape index (κ1) is 19.6. The fourth-order valence-electron chi connectivity index (χ4n) is 1.86. The van der Waals surface area contributed by atoms with E-state index in [1.54, 1.807) is 53.2 Å². The average Bonchev–Trinajstić information content (AvgIpc) is 2.49. The summed E-state index contributed by atoms with van der Waals surface area (Å²) in [5.41, 5.74) is 0.0590. The molecule has 24 heavy (non-hydrogen) atoms. The second-order valence-corrected chi connectivity index (χ2v) is 6.18. The van der Waals surface area contributed by atoms with Crippen LogP contribution < -0.4 is 20.1 Å². The van der Waals surface area contributed by atoms with Gasteiger partial charge in [-0.3, -0.25) is 4.79 Å². The molecule has 2 N–H and O–H groups in total. The van der Waals surface area contributed by atoms with Crippen LogP contribution in [0, 0.1) is 0 Å². The normalized spacial score (nSPS) is 10.7. The third-order valence-electron chi connectivity index (χ3n) is 2.88. The molecular formula is C17H26N2O5. The third-order valence-corrected chi connectivity index (χ3v) is 2.88. The Balaban J connectivity index is 2.38. The monoisotopic (exact) mass is 338 g/mol. The number of rotatable bonds is 7. The lowest BCUT2D eigenvalue weighted by molar-refractivity contribution is -0.116. The van der Waals surface area contributed by atoms with E-state index in [4.69, 9.17) is 14.2 Å². The van der Waals surface area contributed by atoms with Gasteiger partial charge in [-0.15, -0.1) is 0 Å². The molecule has 134 valence electrons. The summed E-state index contributed by atoms with van der Waals surface area (Å²) in [6, 6.07) is 5.14. The Morgan fingerprint density at radius 2 is 1.62 bits per heavy atom. The lowest BCUT2D eigenvalue weighted by atomic mass is 10.2. The quantitative estimate of drug-likeness (QED) is 0.747. The third kappa shape index (κ3) is 7.71. The molecule has 1 aromatic rings. The van der Waals surface area contributed by atoms with Crippen molar-refractivity contribution in [3.05, 3.63) is 18.2 Å². The highest BCUT2D eigenvalue weighted by Crippen LogP contribution is 2.25. The Hall–Kier alpha value is -2.44. The van der Waals surface area contributed by atoms with E-state index in [9.17, 15) is 9.59 Å². The van der Waals surface area contributed by atoms with E-state index < -0.39 is 11.7 Å². The lowest BCUT2D eigenvalue weighted by Gasteiger charge is -2.19. The second kappa shape index (κ2) is 9.00. The number of nitrogens with one attached hydrogen (secondary N) is 2. The molecule has 0 aliphatic carbocycles. The molecule has 0 bridgehead atoms. The molecule has 0 heterocycles. The van der Waals surface area contributed by atoms with Crippen LogP contribution in [0.3, 0.4) is 0 Å². The molecule has 0 aliphatic heterocycles. The van der Waals surface area contributed by atoms with Crippen molar-refractivity contribution in [2.45, 2.75) is 39.2 Å². The van der Waals surface area contributed by atoms with Crippen molar-refractivity contribution >= 4 is 17.7 Å². The van der Waals surface area contributed by atoms with Crippen molar-refractivity contribution in [3.8, 4) is 11.5 Å². The number of amides is 2. The summed E-state index contributed by atoms with van der Waals surface area (Å²) in [5, 5.41) is 5.39. The standard InChI is InChI=1S/C17H26N2O5/c1-17(2,3)24-16(21)18-8-6-7-15(20)19-12-9-13(22-4)11-14(10-12)23-5/h9-11H,6-8H2,1-5H3,(H,18,21)(H,19,20). The van der Waals surface area contributed by atoms with Crippen LogP contribution in [0.25, 0.3) is 0 Å². The number of hydrogen-bond acceptors (Lipinski definition) is 5. The van der Waals surface area contributed by atoms with Crippen molar-refractivity contribution in [1.82, 2.24) is 5.32 Å². The minimum Gasteiger partial charge on any atom is -0.497 e. The topological polar surface area (TPSA) is 85.9 Å². The van der Waals surface area contributed by atoms with E-state index in [1.807, 2.05) is 0 Å². The Morgan fingerprint density at radius 3 is 2.12 bits per heavy atom. The number of ether oxygens (including phenoxy) is 3. The second-order valence-electron chi connectivity index (χ2n) is 6.18. The zero-order valence-electron chi connectivity index (χ0n) is 14.9. The van der Waals surface area contributed by atoms with Crippen molar-refractivity contribution in [3.63, 3.8) is 0 Å². The summed E-state index contributed by atoms with van der Waals surface area (Å²) in [4.78, 5) is 23.4. The first-order valence-electron chi connectivity index (χ1n) is 7.73. The predicted molar refractivity (Wildman–Crippen MR) is 91.6 cm³/mol. The molecule has 0 unspecified atom stereocenters. The van der Waals surface area contributed by atoms with E-state index >= 15 is 0 Å². The molecule has 7 heteroatoms. The fraction of sp³-hybridized carbons (Fsp3) is 0.529. The van der Waals surface area contributed by atoms with Crippen molar-refractivity contribution < 1.29 is 23.8 Å². The van der Waals surface area contributed by atoms with Crippen molar-refractivity contribution in [2.24, 2.45) is 0 Å². The van der Waals surface area contributed by atoms with Crippen LogP contribution in [0.5, 0.6) is 11.5 Å². The largest absolute Gasteiger partial charge is 0.497 e. The Labute approximate surface area is 142 Å². The van der Waals surface area contributed by atoms with Gasteiger partial charge in [-0.05, 0) is 27.2 Å². The van der Waals surface area contributed by atoms with Crippen LogP contribution in [0.15, 0.2) is 18.2 Å².